The molecule has 0 aliphatic carbocycles. The van der Waals surface area contributed by atoms with Crippen LogP contribution in [0.25, 0.3) is 0 Å². The van der Waals surface area contributed by atoms with Crippen LogP contribution >= 0.6 is 0 Å². The number of nitrogens with zero attached hydrogens (tertiary/aromatic N) is 1. The van der Waals surface area contributed by atoms with Crippen molar-refractivity contribution in [1.82, 2.24) is 4.90 Å². The third kappa shape index (κ3) is 4.40. The molecule has 15 heavy (non-hydrogen) atoms. The average molecular weight is 210 g/mol. The zero-order valence-corrected chi connectivity index (χ0v) is 9.25. The highest BCUT2D eigenvalue weighted by atomic mass is 19.1. The summed E-state index contributed by atoms with van der Waals surface area (Å²) in [6.07, 6.45) is 0.952. The van der Waals surface area contributed by atoms with Crippen molar-refractivity contribution in [3.8, 4) is 0 Å². The van der Waals surface area contributed by atoms with Crippen molar-refractivity contribution < 1.29 is 4.39 Å². The van der Waals surface area contributed by atoms with Crippen molar-refractivity contribution in [2.45, 2.75) is 13.3 Å². The Labute approximate surface area is 90.9 Å². The molecule has 0 unspecified atom stereocenters. The van der Waals surface area contributed by atoms with Crippen molar-refractivity contribution in [3.63, 3.8) is 0 Å². The lowest BCUT2D eigenvalue weighted by Crippen LogP contribution is -2.31. The van der Waals surface area contributed by atoms with Crippen molar-refractivity contribution in [1.29, 1.82) is 0 Å². The topological polar surface area (TPSA) is 29.3 Å². The minimum Gasteiger partial charge on any atom is -0.329 e. The van der Waals surface area contributed by atoms with E-state index in [-0.39, 0.29) is 5.82 Å². The normalized spacial score (nSPS) is 10.9. The highest BCUT2D eigenvalue weighted by molar-refractivity contribution is 5.16. The molecule has 0 atom stereocenters. The van der Waals surface area contributed by atoms with Crippen molar-refractivity contribution >= 4 is 0 Å². The second-order valence-corrected chi connectivity index (χ2v) is 3.60. The molecular weight excluding hydrogens is 191 g/mol. The van der Waals surface area contributed by atoms with E-state index in [1.807, 2.05) is 12.1 Å². The van der Waals surface area contributed by atoms with Gasteiger partial charge in [0.1, 0.15) is 5.82 Å². The van der Waals surface area contributed by atoms with Gasteiger partial charge >= 0.3 is 0 Å². The molecule has 84 valence electrons. The van der Waals surface area contributed by atoms with Gasteiger partial charge in [-0.3, -0.25) is 0 Å². The Morgan fingerprint density at radius 2 is 1.87 bits per heavy atom. The first-order chi connectivity index (χ1) is 7.26. The maximum atomic E-state index is 12.6. The lowest BCUT2D eigenvalue weighted by molar-refractivity contribution is 0.300. The number of rotatable bonds is 6. The van der Waals surface area contributed by atoms with Crippen LogP contribution < -0.4 is 5.73 Å². The van der Waals surface area contributed by atoms with Crippen LogP contribution in [0.1, 0.15) is 12.5 Å². The Bertz CT molecular complexity index is 271. The van der Waals surface area contributed by atoms with E-state index in [1.165, 1.54) is 17.7 Å². The number of likely N-dealkylation sites (N-methyl/N-ethyl adjacent to an activating group) is 1. The number of nitrogens with two attached hydrogens (primary N) is 1. The first-order valence-electron chi connectivity index (χ1n) is 5.43. The minimum absolute atomic E-state index is 0.173. The predicted octanol–water partition coefficient (Wildman–Crippen LogP) is 1.65. The summed E-state index contributed by atoms with van der Waals surface area (Å²) in [7, 11) is 0. The smallest absolute Gasteiger partial charge is 0.123 e. The molecule has 1 aromatic rings. The van der Waals surface area contributed by atoms with Crippen molar-refractivity contribution in [2.75, 3.05) is 26.2 Å². The molecule has 0 heterocycles. The summed E-state index contributed by atoms with van der Waals surface area (Å²) in [6.45, 7) is 5.74. The van der Waals surface area contributed by atoms with Gasteiger partial charge in [-0.15, -0.1) is 0 Å². The maximum Gasteiger partial charge on any atom is 0.123 e. The fraction of sp³-hybridized carbons (Fsp3) is 0.500. The van der Waals surface area contributed by atoms with Crippen LogP contribution in [0.4, 0.5) is 4.39 Å². The lowest BCUT2D eigenvalue weighted by Gasteiger charge is -2.19. The Kier molecular flexibility index (Phi) is 5.29. The number of hydrogen-bond donors (Lipinski definition) is 1. The Morgan fingerprint density at radius 1 is 1.20 bits per heavy atom. The minimum atomic E-state index is -0.173. The molecule has 0 aliphatic heterocycles. The van der Waals surface area contributed by atoms with Crippen LogP contribution in [0.2, 0.25) is 0 Å². The van der Waals surface area contributed by atoms with Crippen molar-refractivity contribution in [3.05, 3.63) is 35.6 Å². The van der Waals surface area contributed by atoms with Crippen LogP contribution in [0, 0.1) is 5.82 Å². The van der Waals surface area contributed by atoms with Gasteiger partial charge in [-0.25, -0.2) is 4.39 Å². The number of benzene rings is 1. The quantitative estimate of drug-likeness (QED) is 0.773. The molecule has 0 spiro atoms. The van der Waals surface area contributed by atoms with Gasteiger partial charge in [0.05, 0.1) is 0 Å². The molecule has 0 bridgehead atoms. The van der Waals surface area contributed by atoms with Gasteiger partial charge in [0, 0.05) is 19.6 Å². The van der Waals surface area contributed by atoms with E-state index < -0.39 is 0 Å². The largest absolute Gasteiger partial charge is 0.329 e. The molecule has 2 N–H and O–H groups in total. The first kappa shape index (κ1) is 12.1. The average Bonchev–Trinajstić information content (AvgIpc) is 2.26. The summed E-state index contributed by atoms with van der Waals surface area (Å²) in [5.41, 5.74) is 6.68. The van der Waals surface area contributed by atoms with Crippen LogP contribution in [0.3, 0.4) is 0 Å². The van der Waals surface area contributed by atoms with Crippen LogP contribution in [-0.2, 0) is 6.42 Å². The molecule has 1 aromatic carbocycles. The molecule has 0 aliphatic rings. The van der Waals surface area contributed by atoms with E-state index in [9.17, 15) is 4.39 Å². The highest BCUT2D eigenvalue weighted by Gasteiger charge is 2.01. The zero-order chi connectivity index (χ0) is 11.1. The zero-order valence-electron chi connectivity index (χ0n) is 9.25. The van der Waals surface area contributed by atoms with Crippen LogP contribution in [-0.4, -0.2) is 31.1 Å². The summed E-state index contributed by atoms with van der Waals surface area (Å²) in [6, 6.07) is 6.69. The summed E-state index contributed by atoms with van der Waals surface area (Å²) < 4.78 is 12.6. The Hall–Kier alpha value is -0.930. The fourth-order valence-corrected chi connectivity index (χ4v) is 1.55. The van der Waals surface area contributed by atoms with E-state index in [0.717, 1.165) is 26.1 Å². The summed E-state index contributed by atoms with van der Waals surface area (Å²) >= 11 is 0. The van der Waals surface area contributed by atoms with Gasteiger partial charge in [-0.2, -0.15) is 0 Å². The number of halogens is 1. The fourth-order valence-electron chi connectivity index (χ4n) is 1.55. The van der Waals surface area contributed by atoms with Crippen molar-refractivity contribution in [2.24, 2.45) is 5.73 Å². The predicted molar refractivity (Wildman–Crippen MR) is 61.3 cm³/mol. The van der Waals surface area contributed by atoms with Gasteiger partial charge in [-0.1, -0.05) is 19.1 Å². The first-order valence-corrected chi connectivity index (χ1v) is 5.43. The second-order valence-electron chi connectivity index (χ2n) is 3.60. The SMILES string of the molecule is CCN(CCN)CCc1ccc(F)cc1. The van der Waals surface area contributed by atoms with Gasteiger partial charge in [0.25, 0.3) is 0 Å². The summed E-state index contributed by atoms with van der Waals surface area (Å²) in [5.74, 6) is -0.173. The third-order valence-corrected chi connectivity index (χ3v) is 2.52. The second kappa shape index (κ2) is 6.53. The van der Waals surface area contributed by atoms with E-state index in [2.05, 4.69) is 11.8 Å². The molecule has 0 aromatic heterocycles. The van der Waals surface area contributed by atoms with Gasteiger partial charge in [-0.05, 0) is 30.7 Å². The highest BCUT2D eigenvalue weighted by Crippen LogP contribution is 2.04. The van der Waals surface area contributed by atoms with E-state index in [0.29, 0.717) is 6.54 Å². The third-order valence-electron chi connectivity index (χ3n) is 2.52. The molecular formula is C12H19FN2. The van der Waals surface area contributed by atoms with Crippen LogP contribution in [0.5, 0.6) is 0 Å². The monoisotopic (exact) mass is 210 g/mol. The molecule has 2 nitrogen and oxygen atoms in total. The molecule has 0 saturated carbocycles. The number of hydrogen-bond acceptors (Lipinski definition) is 2. The maximum absolute atomic E-state index is 12.6. The molecule has 1 rings (SSSR count). The van der Waals surface area contributed by atoms with E-state index >= 15 is 0 Å². The molecule has 0 saturated heterocycles. The summed E-state index contributed by atoms with van der Waals surface area (Å²) in [5, 5.41) is 0. The molecule has 0 radical (unpaired) electrons. The van der Waals surface area contributed by atoms with Gasteiger partial charge in [0.2, 0.25) is 0 Å². The lowest BCUT2D eigenvalue weighted by atomic mass is 10.1. The van der Waals surface area contributed by atoms with Gasteiger partial charge in [0.15, 0.2) is 0 Å². The molecule has 0 amide bonds. The van der Waals surface area contributed by atoms with Gasteiger partial charge < -0.3 is 10.6 Å². The van der Waals surface area contributed by atoms with E-state index in [4.69, 9.17) is 5.73 Å². The standard InChI is InChI=1S/C12H19FN2/c1-2-15(10-8-14)9-7-11-3-5-12(13)6-4-11/h3-6H,2,7-10,14H2,1H3. The molecule has 3 heteroatoms. The Balaban J connectivity index is 2.38. The van der Waals surface area contributed by atoms with E-state index in [1.54, 1.807) is 0 Å². The Morgan fingerprint density at radius 3 is 2.40 bits per heavy atom. The summed E-state index contributed by atoms with van der Waals surface area (Å²) in [4.78, 5) is 2.29. The van der Waals surface area contributed by atoms with Crippen LogP contribution in [0.15, 0.2) is 24.3 Å². The molecule has 0 fully saturated rings.